The second-order valence-electron chi connectivity index (χ2n) is 5.05. The van der Waals surface area contributed by atoms with Crippen LogP contribution in [0.2, 0.25) is 0 Å². The van der Waals surface area contributed by atoms with Crippen molar-refractivity contribution in [3.63, 3.8) is 0 Å². The van der Waals surface area contributed by atoms with Gasteiger partial charge in [0.2, 0.25) is 0 Å². The Morgan fingerprint density at radius 1 is 1.22 bits per heavy atom. The number of rotatable bonds is 6. The van der Waals surface area contributed by atoms with Gasteiger partial charge >= 0.3 is 11.9 Å². The van der Waals surface area contributed by atoms with Crippen molar-refractivity contribution in [3.05, 3.63) is 12.2 Å². The molecule has 1 rings (SSSR count). The van der Waals surface area contributed by atoms with Crippen LogP contribution in [0.4, 0.5) is 0 Å². The first-order valence-corrected chi connectivity index (χ1v) is 5.98. The predicted molar refractivity (Wildman–Crippen MR) is 64.1 cm³/mol. The summed E-state index contributed by atoms with van der Waals surface area (Å²) in [6.45, 7) is 4.54. The van der Waals surface area contributed by atoms with Crippen molar-refractivity contribution in [1.82, 2.24) is 0 Å². The average molecular weight is 254 g/mol. The normalized spacial score (nSPS) is 19.2. The molecule has 0 aromatic rings. The Hall–Kier alpha value is -1.65. The van der Waals surface area contributed by atoms with Gasteiger partial charge in [0.1, 0.15) is 11.2 Å². The Morgan fingerprint density at radius 3 is 2.11 bits per heavy atom. The molecule has 18 heavy (non-hydrogen) atoms. The van der Waals surface area contributed by atoms with E-state index in [-0.39, 0.29) is 18.1 Å². The summed E-state index contributed by atoms with van der Waals surface area (Å²) >= 11 is 0. The Kier molecular flexibility index (Phi) is 4.27. The zero-order chi connectivity index (χ0) is 13.9. The first kappa shape index (κ1) is 14.4. The molecule has 1 atom stereocenters. The second kappa shape index (κ2) is 5.33. The molecule has 2 N–H and O–H groups in total. The van der Waals surface area contributed by atoms with Crippen LogP contribution >= 0.6 is 0 Å². The molecule has 1 fully saturated rings. The van der Waals surface area contributed by atoms with Crippen LogP contribution in [0.5, 0.6) is 0 Å². The molecule has 0 aromatic heterocycles. The Morgan fingerprint density at radius 2 is 1.72 bits per heavy atom. The maximum atomic E-state index is 12.0. The largest absolute Gasteiger partial charge is 0.481 e. The third kappa shape index (κ3) is 2.78. The van der Waals surface area contributed by atoms with Crippen LogP contribution in [0.1, 0.15) is 39.0 Å². The van der Waals surface area contributed by atoms with E-state index in [2.05, 4.69) is 6.58 Å². The molecule has 0 amide bonds. The molecule has 1 aliphatic rings. The number of aliphatic carboxylic acids is 2. The van der Waals surface area contributed by atoms with Gasteiger partial charge in [0.25, 0.3) is 0 Å². The van der Waals surface area contributed by atoms with E-state index < -0.39 is 22.9 Å². The van der Waals surface area contributed by atoms with Crippen LogP contribution in [0.15, 0.2) is 12.2 Å². The van der Waals surface area contributed by atoms with Gasteiger partial charge in [-0.1, -0.05) is 19.4 Å². The van der Waals surface area contributed by atoms with Gasteiger partial charge in [0.05, 0.1) is 0 Å². The highest BCUT2D eigenvalue weighted by Crippen LogP contribution is 2.35. The first-order chi connectivity index (χ1) is 8.29. The summed E-state index contributed by atoms with van der Waals surface area (Å²) in [5, 5.41) is 18.0. The lowest BCUT2D eigenvalue weighted by Gasteiger charge is -2.25. The fourth-order valence-electron chi connectivity index (χ4n) is 2.29. The lowest BCUT2D eigenvalue weighted by atomic mass is 9.76. The van der Waals surface area contributed by atoms with E-state index in [1.165, 1.54) is 6.92 Å². The third-order valence-electron chi connectivity index (χ3n) is 3.73. The molecule has 0 aliphatic heterocycles. The van der Waals surface area contributed by atoms with Crippen molar-refractivity contribution in [2.45, 2.75) is 39.0 Å². The van der Waals surface area contributed by atoms with Crippen LogP contribution in [0, 0.1) is 11.3 Å². The minimum absolute atomic E-state index is 0.120. The van der Waals surface area contributed by atoms with Crippen molar-refractivity contribution >= 4 is 17.7 Å². The molecule has 0 heterocycles. The monoisotopic (exact) mass is 254 g/mol. The number of Topliss-reactive ketones (excluding diaryl/α,β-unsaturated/α-hetero) is 1. The van der Waals surface area contributed by atoms with E-state index in [0.29, 0.717) is 0 Å². The van der Waals surface area contributed by atoms with Gasteiger partial charge in [-0.2, -0.15) is 0 Å². The van der Waals surface area contributed by atoms with Gasteiger partial charge in [0, 0.05) is 17.9 Å². The summed E-state index contributed by atoms with van der Waals surface area (Å²) in [5.41, 5.74) is -2.16. The fraction of sp³-hybridized carbons (Fsp3) is 0.615. The van der Waals surface area contributed by atoms with Crippen LogP contribution in [0.25, 0.3) is 0 Å². The van der Waals surface area contributed by atoms with Gasteiger partial charge < -0.3 is 10.2 Å². The number of carbonyl (C=O) groups excluding carboxylic acids is 1. The molecule has 100 valence electrons. The maximum absolute atomic E-state index is 12.0. The smallest absolute Gasteiger partial charge is 0.332 e. The van der Waals surface area contributed by atoms with Gasteiger partial charge in [-0.15, -0.1) is 0 Å². The van der Waals surface area contributed by atoms with Crippen LogP contribution in [-0.4, -0.2) is 27.9 Å². The zero-order valence-electron chi connectivity index (χ0n) is 10.4. The van der Waals surface area contributed by atoms with Crippen molar-refractivity contribution in [3.8, 4) is 0 Å². The van der Waals surface area contributed by atoms with Crippen molar-refractivity contribution in [2.75, 3.05) is 0 Å². The van der Waals surface area contributed by atoms with Crippen LogP contribution in [0.3, 0.4) is 0 Å². The SMILES string of the molecule is C=C(C(=O)O)C(C)(CC(=O)C1CCCC1)C(=O)O. The van der Waals surface area contributed by atoms with E-state index in [9.17, 15) is 14.4 Å². The topological polar surface area (TPSA) is 91.7 Å². The van der Waals surface area contributed by atoms with Crippen LogP contribution < -0.4 is 0 Å². The predicted octanol–water partition coefficient (Wildman–Crippen LogP) is 1.87. The molecule has 0 spiro atoms. The van der Waals surface area contributed by atoms with E-state index in [1.54, 1.807) is 0 Å². The lowest BCUT2D eigenvalue weighted by Crippen LogP contribution is -2.36. The molecule has 0 radical (unpaired) electrons. The molecule has 1 aliphatic carbocycles. The maximum Gasteiger partial charge on any atom is 0.332 e. The van der Waals surface area contributed by atoms with E-state index in [4.69, 9.17) is 10.2 Å². The number of ketones is 1. The van der Waals surface area contributed by atoms with E-state index >= 15 is 0 Å². The summed E-state index contributed by atoms with van der Waals surface area (Å²) in [6.07, 6.45) is 3.19. The minimum Gasteiger partial charge on any atom is -0.481 e. The first-order valence-electron chi connectivity index (χ1n) is 5.98. The molecule has 1 saturated carbocycles. The highest BCUT2D eigenvalue weighted by atomic mass is 16.4. The molecule has 0 aromatic carbocycles. The standard InChI is InChI=1S/C13H18O5/c1-8(11(15)16)13(2,12(17)18)7-10(14)9-5-3-4-6-9/h9H,1,3-7H2,2H3,(H,15,16)(H,17,18). The quantitative estimate of drug-likeness (QED) is 0.706. The zero-order valence-corrected chi connectivity index (χ0v) is 10.4. The highest BCUT2D eigenvalue weighted by molar-refractivity contribution is 5.99. The number of carboxylic acid groups (broad SMARTS) is 2. The second-order valence-corrected chi connectivity index (χ2v) is 5.05. The van der Waals surface area contributed by atoms with E-state index in [0.717, 1.165) is 25.7 Å². The van der Waals surface area contributed by atoms with Gasteiger partial charge in [-0.05, 0) is 19.8 Å². The minimum atomic E-state index is -1.72. The Labute approximate surface area is 105 Å². The Balaban J connectivity index is 2.86. The lowest BCUT2D eigenvalue weighted by molar-refractivity contribution is -0.151. The van der Waals surface area contributed by atoms with Gasteiger partial charge in [0.15, 0.2) is 0 Å². The van der Waals surface area contributed by atoms with Gasteiger partial charge in [-0.25, -0.2) is 4.79 Å². The fourth-order valence-corrected chi connectivity index (χ4v) is 2.29. The number of carboxylic acids is 2. The third-order valence-corrected chi connectivity index (χ3v) is 3.73. The van der Waals surface area contributed by atoms with Crippen molar-refractivity contribution in [2.24, 2.45) is 11.3 Å². The average Bonchev–Trinajstić information content (AvgIpc) is 2.80. The molecule has 5 heteroatoms. The molecule has 1 unspecified atom stereocenters. The van der Waals surface area contributed by atoms with Gasteiger partial charge in [-0.3, -0.25) is 9.59 Å². The summed E-state index contributed by atoms with van der Waals surface area (Å²) in [7, 11) is 0. The van der Waals surface area contributed by atoms with Crippen LogP contribution in [-0.2, 0) is 14.4 Å². The Bertz CT molecular complexity index is 392. The molecule has 5 nitrogen and oxygen atoms in total. The van der Waals surface area contributed by atoms with Crippen molar-refractivity contribution < 1.29 is 24.6 Å². The van der Waals surface area contributed by atoms with Crippen molar-refractivity contribution in [1.29, 1.82) is 0 Å². The molecular formula is C13H18O5. The number of hydrogen-bond donors (Lipinski definition) is 2. The number of hydrogen-bond acceptors (Lipinski definition) is 3. The highest BCUT2D eigenvalue weighted by Gasteiger charge is 2.43. The summed E-state index contributed by atoms with van der Waals surface area (Å²) in [6, 6.07) is 0. The molecule has 0 bridgehead atoms. The number of carbonyl (C=O) groups is 3. The molecular weight excluding hydrogens is 236 g/mol. The summed E-state index contributed by atoms with van der Waals surface area (Å²) < 4.78 is 0. The summed E-state index contributed by atoms with van der Waals surface area (Å²) in [5.74, 6) is -2.98. The summed E-state index contributed by atoms with van der Waals surface area (Å²) in [4.78, 5) is 34.1. The van der Waals surface area contributed by atoms with E-state index in [1.807, 2.05) is 0 Å². The molecule has 0 saturated heterocycles.